The second kappa shape index (κ2) is 6.19. The molecule has 2 heteroatoms. The molecule has 0 saturated heterocycles. The number of nitrogens with two attached hydrogens (primary N) is 1. The van der Waals surface area contributed by atoms with Crippen LogP contribution in [0.3, 0.4) is 0 Å². The Labute approximate surface area is 120 Å². The van der Waals surface area contributed by atoms with Crippen molar-refractivity contribution in [3.8, 4) is 0 Å². The highest BCUT2D eigenvalue weighted by atomic mass is 19.1. The van der Waals surface area contributed by atoms with E-state index in [4.69, 9.17) is 5.73 Å². The lowest BCUT2D eigenvalue weighted by Crippen LogP contribution is -2.35. The van der Waals surface area contributed by atoms with Gasteiger partial charge in [-0.2, -0.15) is 0 Å². The van der Waals surface area contributed by atoms with Crippen molar-refractivity contribution in [3.05, 3.63) is 71.0 Å². The SMILES string of the molecule is CCCc1cccc(C(C)(N)Cc2ccc(F)cc2)c1. The first-order valence-corrected chi connectivity index (χ1v) is 7.14. The van der Waals surface area contributed by atoms with Crippen molar-refractivity contribution in [1.29, 1.82) is 0 Å². The molecule has 0 spiro atoms. The first-order valence-electron chi connectivity index (χ1n) is 7.14. The molecule has 0 radical (unpaired) electrons. The van der Waals surface area contributed by atoms with Crippen molar-refractivity contribution in [2.45, 2.75) is 38.6 Å². The van der Waals surface area contributed by atoms with Gasteiger partial charge in [0.05, 0.1) is 0 Å². The van der Waals surface area contributed by atoms with Crippen LogP contribution in [0.4, 0.5) is 4.39 Å². The lowest BCUT2D eigenvalue weighted by atomic mass is 9.85. The molecule has 106 valence electrons. The molecule has 0 aliphatic carbocycles. The first-order chi connectivity index (χ1) is 9.51. The standard InChI is InChI=1S/C18H22FN/c1-3-5-14-6-4-7-16(12-14)18(2,20)13-15-8-10-17(19)11-9-15/h4,6-12H,3,5,13,20H2,1-2H3. The molecular formula is C18H22FN. The number of halogens is 1. The monoisotopic (exact) mass is 271 g/mol. The summed E-state index contributed by atoms with van der Waals surface area (Å²) in [4.78, 5) is 0. The molecule has 1 atom stereocenters. The van der Waals surface area contributed by atoms with Crippen molar-refractivity contribution >= 4 is 0 Å². The summed E-state index contributed by atoms with van der Waals surface area (Å²) in [5.41, 5.74) is 9.54. The third kappa shape index (κ3) is 3.67. The fourth-order valence-corrected chi connectivity index (χ4v) is 2.50. The molecule has 1 unspecified atom stereocenters. The number of hydrogen-bond donors (Lipinski definition) is 1. The summed E-state index contributed by atoms with van der Waals surface area (Å²) < 4.78 is 12.9. The van der Waals surface area contributed by atoms with Crippen LogP contribution < -0.4 is 5.73 Å². The Balaban J connectivity index is 2.20. The average Bonchev–Trinajstić information content (AvgIpc) is 2.42. The Morgan fingerprint density at radius 3 is 2.40 bits per heavy atom. The van der Waals surface area contributed by atoms with E-state index in [1.807, 2.05) is 6.92 Å². The molecule has 0 saturated carbocycles. The number of aryl methyl sites for hydroxylation is 1. The predicted molar refractivity (Wildman–Crippen MR) is 82.1 cm³/mol. The van der Waals surface area contributed by atoms with Crippen LogP contribution in [0.25, 0.3) is 0 Å². The molecule has 0 bridgehead atoms. The topological polar surface area (TPSA) is 26.0 Å². The summed E-state index contributed by atoms with van der Waals surface area (Å²) in [7, 11) is 0. The maximum Gasteiger partial charge on any atom is 0.123 e. The maximum absolute atomic E-state index is 12.9. The summed E-state index contributed by atoms with van der Waals surface area (Å²) in [5, 5.41) is 0. The number of benzene rings is 2. The maximum atomic E-state index is 12.9. The molecule has 0 aromatic heterocycles. The third-order valence-electron chi connectivity index (χ3n) is 3.61. The summed E-state index contributed by atoms with van der Waals surface area (Å²) in [5.74, 6) is -0.211. The van der Waals surface area contributed by atoms with Crippen LogP contribution >= 0.6 is 0 Å². The molecule has 0 heterocycles. The molecule has 2 aromatic rings. The van der Waals surface area contributed by atoms with Gasteiger partial charge >= 0.3 is 0 Å². The Kier molecular flexibility index (Phi) is 4.56. The van der Waals surface area contributed by atoms with Crippen molar-refractivity contribution in [3.63, 3.8) is 0 Å². The van der Waals surface area contributed by atoms with E-state index in [0.717, 1.165) is 24.0 Å². The van der Waals surface area contributed by atoms with Gasteiger partial charge in [-0.3, -0.25) is 0 Å². The zero-order valence-corrected chi connectivity index (χ0v) is 12.2. The zero-order chi connectivity index (χ0) is 14.6. The molecule has 2 aromatic carbocycles. The number of hydrogen-bond acceptors (Lipinski definition) is 1. The summed E-state index contributed by atoms with van der Waals surface area (Å²) in [6.45, 7) is 4.20. The highest BCUT2D eigenvalue weighted by molar-refractivity contribution is 5.31. The van der Waals surface area contributed by atoms with Crippen molar-refractivity contribution < 1.29 is 4.39 Å². The van der Waals surface area contributed by atoms with E-state index in [-0.39, 0.29) is 5.82 Å². The van der Waals surface area contributed by atoms with Crippen LogP contribution in [0.2, 0.25) is 0 Å². The minimum atomic E-state index is -0.443. The second-order valence-electron chi connectivity index (χ2n) is 5.67. The Bertz CT molecular complexity index is 558. The van der Waals surface area contributed by atoms with E-state index in [1.54, 1.807) is 12.1 Å². The van der Waals surface area contributed by atoms with Gasteiger partial charge in [-0.05, 0) is 48.6 Å². The fraction of sp³-hybridized carbons (Fsp3) is 0.333. The van der Waals surface area contributed by atoms with Crippen LogP contribution in [-0.4, -0.2) is 0 Å². The normalized spacial score (nSPS) is 14.0. The van der Waals surface area contributed by atoms with E-state index in [1.165, 1.54) is 17.7 Å². The van der Waals surface area contributed by atoms with Crippen molar-refractivity contribution in [2.24, 2.45) is 5.73 Å². The Morgan fingerprint density at radius 2 is 1.75 bits per heavy atom. The lowest BCUT2D eigenvalue weighted by Gasteiger charge is -2.26. The molecule has 0 fully saturated rings. The van der Waals surface area contributed by atoms with Crippen molar-refractivity contribution in [2.75, 3.05) is 0 Å². The quantitative estimate of drug-likeness (QED) is 0.866. The fourth-order valence-electron chi connectivity index (χ4n) is 2.50. The van der Waals surface area contributed by atoms with Gasteiger partial charge in [0.2, 0.25) is 0 Å². The van der Waals surface area contributed by atoms with Gasteiger partial charge in [-0.15, -0.1) is 0 Å². The van der Waals surface area contributed by atoms with Crippen molar-refractivity contribution in [1.82, 2.24) is 0 Å². The molecule has 20 heavy (non-hydrogen) atoms. The van der Waals surface area contributed by atoms with Crippen LogP contribution in [0.15, 0.2) is 48.5 Å². The zero-order valence-electron chi connectivity index (χ0n) is 12.2. The van der Waals surface area contributed by atoms with E-state index < -0.39 is 5.54 Å². The van der Waals surface area contributed by atoms with E-state index in [9.17, 15) is 4.39 Å². The molecule has 2 rings (SSSR count). The van der Waals surface area contributed by atoms with Gasteiger partial charge in [0.15, 0.2) is 0 Å². The largest absolute Gasteiger partial charge is 0.321 e. The van der Waals surface area contributed by atoms with Gasteiger partial charge in [0, 0.05) is 5.54 Å². The average molecular weight is 271 g/mol. The second-order valence-corrected chi connectivity index (χ2v) is 5.67. The molecule has 0 aliphatic rings. The minimum absolute atomic E-state index is 0.211. The van der Waals surface area contributed by atoms with Crippen LogP contribution in [-0.2, 0) is 18.4 Å². The highest BCUT2D eigenvalue weighted by Crippen LogP contribution is 2.24. The van der Waals surface area contributed by atoms with Crippen LogP contribution in [0.1, 0.15) is 37.0 Å². The smallest absolute Gasteiger partial charge is 0.123 e. The molecule has 1 nitrogen and oxygen atoms in total. The summed E-state index contributed by atoms with van der Waals surface area (Å²) >= 11 is 0. The van der Waals surface area contributed by atoms with Crippen LogP contribution in [0.5, 0.6) is 0 Å². The lowest BCUT2D eigenvalue weighted by molar-refractivity contribution is 0.490. The molecular weight excluding hydrogens is 249 g/mol. The third-order valence-corrected chi connectivity index (χ3v) is 3.61. The van der Waals surface area contributed by atoms with Gasteiger partial charge < -0.3 is 5.73 Å². The summed E-state index contributed by atoms with van der Waals surface area (Å²) in [6, 6.07) is 15.0. The van der Waals surface area contributed by atoms with Gasteiger partial charge in [0.25, 0.3) is 0 Å². The summed E-state index contributed by atoms with van der Waals surface area (Å²) in [6.07, 6.45) is 2.89. The van der Waals surface area contributed by atoms with Crippen LogP contribution in [0, 0.1) is 5.82 Å². The minimum Gasteiger partial charge on any atom is -0.321 e. The van der Waals surface area contributed by atoms with Gasteiger partial charge in [-0.25, -0.2) is 4.39 Å². The number of rotatable bonds is 5. The predicted octanol–water partition coefficient (Wildman–Crippen LogP) is 4.19. The molecule has 0 amide bonds. The van der Waals surface area contributed by atoms with E-state index >= 15 is 0 Å². The Hall–Kier alpha value is -1.67. The van der Waals surface area contributed by atoms with E-state index in [0.29, 0.717) is 6.42 Å². The first kappa shape index (κ1) is 14.7. The molecule has 0 aliphatic heterocycles. The molecule has 2 N–H and O–H groups in total. The Morgan fingerprint density at radius 1 is 1.05 bits per heavy atom. The van der Waals surface area contributed by atoms with Gasteiger partial charge in [-0.1, -0.05) is 49.7 Å². The van der Waals surface area contributed by atoms with E-state index in [2.05, 4.69) is 31.2 Å². The highest BCUT2D eigenvalue weighted by Gasteiger charge is 2.21. The van der Waals surface area contributed by atoms with Gasteiger partial charge in [0.1, 0.15) is 5.82 Å².